The molecular formula is C25H27N3O4. The third-order valence-corrected chi connectivity index (χ3v) is 6.04. The van der Waals surface area contributed by atoms with Gasteiger partial charge >= 0.3 is 0 Å². The number of β-amino-alcohol motifs (C(OH)–C–C–N with tert-alkyl or cyclic N) is 1. The Kier molecular flexibility index (Phi) is 6.37. The zero-order valence-electron chi connectivity index (χ0n) is 18.0. The Morgan fingerprint density at radius 2 is 1.88 bits per heavy atom. The maximum Gasteiger partial charge on any atom is 0.255 e. The molecule has 2 aliphatic heterocycles. The van der Waals surface area contributed by atoms with E-state index in [9.17, 15) is 19.5 Å². The van der Waals surface area contributed by atoms with E-state index in [0.717, 1.165) is 11.1 Å². The van der Waals surface area contributed by atoms with Gasteiger partial charge in [0.1, 0.15) is 12.1 Å². The van der Waals surface area contributed by atoms with E-state index in [4.69, 9.17) is 0 Å². The fourth-order valence-electron chi connectivity index (χ4n) is 4.31. The van der Waals surface area contributed by atoms with Gasteiger partial charge in [-0.1, -0.05) is 60.7 Å². The fraction of sp³-hybridized carbons (Fsp3) is 0.320. The van der Waals surface area contributed by atoms with Crippen LogP contribution < -0.4 is 5.32 Å². The Hall–Kier alpha value is -3.45. The van der Waals surface area contributed by atoms with Crippen LogP contribution in [0.1, 0.15) is 34.8 Å². The summed E-state index contributed by atoms with van der Waals surface area (Å²) in [5.41, 5.74) is 2.52. The topological polar surface area (TPSA) is 89.9 Å². The number of carbonyl (C=O) groups is 3. The highest BCUT2D eigenvalue weighted by atomic mass is 16.3. The van der Waals surface area contributed by atoms with Gasteiger partial charge in [-0.15, -0.1) is 0 Å². The van der Waals surface area contributed by atoms with Crippen LogP contribution in [-0.2, 0) is 16.1 Å². The first-order valence-corrected chi connectivity index (χ1v) is 10.8. The lowest BCUT2D eigenvalue weighted by molar-refractivity contribution is -0.141. The molecule has 3 atom stereocenters. The number of likely N-dealkylation sites (tertiary alicyclic amines) is 1. The molecule has 4 rings (SSSR count). The van der Waals surface area contributed by atoms with Crippen LogP contribution in [0.15, 0.2) is 60.7 Å². The van der Waals surface area contributed by atoms with E-state index < -0.39 is 18.2 Å². The van der Waals surface area contributed by atoms with Crippen LogP contribution in [0.3, 0.4) is 0 Å². The zero-order chi connectivity index (χ0) is 22.7. The first-order chi connectivity index (χ1) is 15.5. The fourth-order valence-corrected chi connectivity index (χ4v) is 4.31. The molecule has 0 spiro atoms. The molecule has 2 aliphatic rings. The molecule has 7 heteroatoms. The smallest absolute Gasteiger partial charge is 0.255 e. The number of carbonyl (C=O) groups excluding carboxylic acids is 3. The number of aliphatic hydroxyl groups excluding tert-OH is 1. The molecule has 3 amide bonds. The van der Waals surface area contributed by atoms with Gasteiger partial charge in [-0.05, 0) is 24.1 Å². The molecule has 2 N–H and O–H groups in total. The van der Waals surface area contributed by atoms with Crippen molar-refractivity contribution in [3.63, 3.8) is 0 Å². The van der Waals surface area contributed by atoms with Gasteiger partial charge in [0.15, 0.2) is 0 Å². The van der Waals surface area contributed by atoms with Crippen molar-refractivity contribution in [2.24, 2.45) is 0 Å². The summed E-state index contributed by atoms with van der Waals surface area (Å²) in [7, 11) is 0. The van der Waals surface area contributed by atoms with Crippen molar-refractivity contribution in [2.75, 3.05) is 13.1 Å². The minimum atomic E-state index is -0.770. The van der Waals surface area contributed by atoms with Crippen molar-refractivity contribution in [3.05, 3.63) is 77.4 Å². The highest BCUT2D eigenvalue weighted by Gasteiger charge is 2.43. The average Bonchev–Trinajstić information content (AvgIpc) is 3.36. The van der Waals surface area contributed by atoms with Crippen LogP contribution in [0.25, 0.3) is 6.08 Å². The van der Waals surface area contributed by atoms with Crippen molar-refractivity contribution in [1.29, 1.82) is 0 Å². The monoisotopic (exact) mass is 433 g/mol. The Labute approximate surface area is 187 Å². The van der Waals surface area contributed by atoms with Gasteiger partial charge in [-0.2, -0.15) is 0 Å². The molecule has 2 heterocycles. The van der Waals surface area contributed by atoms with Crippen molar-refractivity contribution >= 4 is 23.8 Å². The molecule has 0 aromatic heterocycles. The second-order valence-electron chi connectivity index (χ2n) is 8.22. The molecule has 1 saturated heterocycles. The van der Waals surface area contributed by atoms with Crippen molar-refractivity contribution in [2.45, 2.75) is 38.1 Å². The predicted molar refractivity (Wildman–Crippen MR) is 120 cm³/mol. The number of nitrogens with one attached hydrogen (secondary N) is 1. The standard InChI is InChI=1S/C25H27N3O4/c1-17(27-15-19-11-5-6-12-21(19)25(27)32)24(31)28-16-20(29)14-22(28)23(30)26-13-7-10-18-8-3-2-4-9-18/h2-12,17,20,22,29H,13-16H2,1H3,(H,26,30)/b10-7+/t17-,20+,22-/m0/s1. The largest absolute Gasteiger partial charge is 0.391 e. The van der Waals surface area contributed by atoms with E-state index >= 15 is 0 Å². The van der Waals surface area contributed by atoms with Crippen molar-refractivity contribution in [1.82, 2.24) is 15.1 Å². The first kappa shape index (κ1) is 21.8. The van der Waals surface area contributed by atoms with Crippen molar-refractivity contribution in [3.8, 4) is 0 Å². The molecule has 0 aliphatic carbocycles. The summed E-state index contributed by atoms with van der Waals surface area (Å²) in [6.07, 6.45) is 3.16. The lowest BCUT2D eigenvalue weighted by Crippen LogP contribution is -2.52. The van der Waals surface area contributed by atoms with Gasteiger partial charge < -0.3 is 20.2 Å². The summed E-state index contributed by atoms with van der Waals surface area (Å²) in [6, 6.07) is 15.6. The number of hydrogen-bond acceptors (Lipinski definition) is 4. The van der Waals surface area contributed by atoms with Crippen LogP contribution in [0.5, 0.6) is 0 Å². The summed E-state index contributed by atoms with van der Waals surface area (Å²) < 4.78 is 0. The van der Waals surface area contributed by atoms with E-state index in [0.29, 0.717) is 18.7 Å². The molecule has 7 nitrogen and oxygen atoms in total. The molecule has 2 aromatic rings. The second-order valence-corrected chi connectivity index (χ2v) is 8.22. The Morgan fingerprint density at radius 1 is 1.16 bits per heavy atom. The van der Waals surface area contributed by atoms with Gasteiger partial charge in [0.2, 0.25) is 11.8 Å². The Morgan fingerprint density at radius 3 is 2.62 bits per heavy atom. The molecule has 0 unspecified atom stereocenters. The first-order valence-electron chi connectivity index (χ1n) is 10.8. The number of rotatable bonds is 6. The second kappa shape index (κ2) is 9.36. The maximum absolute atomic E-state index is 13.2. The molecule has 1 fully saturated rings. The van der Waals surface area contributed by atoms with Gasteiger partial charge in [0.25, 0.3) is 5.91 Å². The molecule has 2 aromatic carbocycles. The van der Waals surface area contributed by atoms with E-state index in [1.165, 1.54) is 9.80 Å². The van der Waals surface area contributed by atoms with Gasteiger partial charge in [-0.25, -0.2) is 0 Å². The SMILES string of the molecule is C[C@@H](C(=O)N1C[C@H](O)C[C@H]1C(=O)NC/C=C/c1ccccc1)N1Cc2ccccc2C1=O. The van der Waals surface area contributed by atoms with Gasteiger partial charge in [0.05, 0.1) is 6.10 Å². The minimum absolute atomic E-state index is 0.0795. The van der Waals surface area contributed by atoms with Crippen LogP contribution in [0, 0.1) is 0 Å². The zero-order valence-corrected chi connectivity index (χ0v) is 18.0. The average molecular weight is 434 g/mol. The summed E-state index contributed by atoms with van der Waals surface area (Å²) in [6.45, 7) is 2.43. The molecule has 0 saturated carbocycles. The number of hydrogen-bond donors (Lipinski definition) is 2. The number of benzene rings is 2. The highest BCUT2D eigenvalue weighted by Crippen LogP contribution is 2.27. The maximum atomic E-state index is 13.2. The van der Waals surface area contributed by atoms with Gasteiger partial charge in [-0.3, -0.25) is 14.4 Å². The molecular weight excluding hydrogens is 406 g/mol. The lowest BCUT2D eigenvalue weighted by atomic mass is 10.1. The lowest BCUT2D eigenvalue weighted by Gasteiger charge is -2.30. The molecule has 0 radical (unpaired) electrons. The quantitative estimate of drug-likeness (QED) is 0.727. The van der Waals surface area contributed by atoms with E-state index in [1.807, 2.05) is 54.6 Å². The van der Waals surface area contributed by atoms with Crippen molar-refractivity contribution < 1.29 is 19.5 Å². The van der Waals surface area contributed by atoms with Crippen LogP contribution in [0.2, 0.25) is 0 Å². The number of fused-ring (bicyclic) bond motifs is 1. The Balaban J connectivity index is 1.38. The van der Waals surface area contributed by atoms with E-state index in [-0.39, 0.29) is 30.7 Å². The number of amides is 3. The molecule has 0 bridgehead atoms. The summed E-state index contributed by atoms with van der Waals surface area (Å²) in [5, 5.41) is 13.0. The van der Waals surface area contributed by atoms with Gasteiger partial charge in [0, 0.05) is 31.6 Å². The van der Waals surface area contributed by atoms with E-state index in [2.05, 4.69) is 5.32 Å². The number of nitrogens with zero attached hydrogens (tertiary/aromatic N) is 2. The summed E-state index contributed by atoms with van der Waals surface area (Å²) in [5.74, 6) is -0.827. The number of aliphatic hydroxyl groups is 1. The third-order valence-electron chi connectivity index (χ3n) is 6.04. The predicted octanol–water partition coefficient (Wildman–Crippen LogP) is 1.82. The summed E-state index contributed by atoms with van der Waals surface area (Å²) in [4.78, 5) is 41.7. The molecule has 32 heavy (non-hydrogen) atoms. The van der Waals surface area contributed by atoms with Crippen LogP contribution in [0.4, 0.5) is 0 Å². The highest BCUT2D eigenvalue weighted by molar-refractivity contribution is 6.01. The third kappa shape index (κ3) is 4.43. The Bertz CT molecular complexity index is 1040. The normalized spacial score (nSPS) is 21.1. The minimum Gasteiger partial charge on any atom is -0.391 e. The molecule has 166 valence electrons. The van der Waals surface area contributed by atoms with Crippen LogP contribution >= 0.6 is 0 Å². The summed E-state index contributed by atoms with van der Waals surface area (Å²) >= 11 is 0. The van der Waals surface area contributed by atoms with E-state index in [1.54, 1.807) is 19.1 Å². The van der Waals surface area contributed by atoms with Crippen LogP contribution in [-0.4, -0.2) is 63.9 Å².